The smallest absolute Gasteiger partial charge is 0.155 e. The number of hydrogen-bond donors (Lipinski definition) is 0. The lowest BCUT2D eigenvalue weighted by atomic mass is 10.2. The highest BCUT2D eigenvalue weighted by Crippen LogP contribution is 2.24. The van der Waals surface area contributed by atoms with Crippen LogP contribution in [0.2, 0.25) is 0 Å². The van der Waals surface area contributed by atoms with E-state index in [1.54, 1.807) is 19.4 Å². The van der Waals surface area contributed by atoms with Gasteiger partial charge >= 0.3 is 0 Å². The number of benzene rings is 1. The zero-order valence-corrected chi connectivity index (χ0v) is 8.58. The molecule has 1 aromatic carbocycles. The molecule has 0 saturated heterocycles. The average molecular weight is 203 g/mol. The lowest BCUT2D eigenvalue weighted by molar-refractivity contribution is 0.582. The zero-order valence-electron chi connectivity index (χ0n) is 7.77. The normalized spacial score (nSPS) is 10.6. The van der Waals surface area contributed by atoms with Gasteiger partial charge in [0.25, 0.3) is 0 Å². The third kappa shape index (κ3) is 2.34. The first-order chi connectivity index (χ1) is 6.02. The largest absolute Gasteiger partial charge is 0.222 e. The fraction of sp³-hybridized carbons (Fsp3) is 0.333. The van der Waals surface area contributed by atoms with E-state index in [1.165, 1.54) is 12.1 Å². The third-order valence-electron chi connectivity index (χ3n) is 1.53. The van der Waals surface area contributed by atoms with Gasteiger partial charge in [0.1, 0.15) is 5.69 Å². The topological polar surface area (TPSA) is 12.4 Å². The van der Waals surface area contributed by atoms with E-state index in [0.717, 1.165) is 0 Å². The van der Waals surface area contributed by atoms with E-state index in [2.05, 4.69) is 4.36 Å². The molecule has 0 radical (unpaired) electrons. The summed E-state index contributed by atoms with van der Waals surface area (Å²) in [6.07, 6.45) is 3.61. The van der Waals surface area contributed by atoms with Gasteiger partial charge in [-0.2, -0.15) is 0 Å². The number of aryl methyl sites for hydroxylation is 1. The van der Waals surface area contributed by atoms with Gasteiger partial charge in [0.15, 0.2) is 11.6 Å². The molecule has 0 N–H and O–H groups in total. The molecule has 0 fully saturated rings. The van der Waals surface area contributed by atoms with Crippen LogP contribution < -0.4 is 0 Å². The molecule has 0 atom stereocenters. The van der Waals surface area contributed by atoms with Gasteiger partial charge in [0.2, 0.25) is 0 Å². The van der Waals surface area contributed by atoms with Crippen molar-refractivity contribution < 1.29 is 8.78 Å². The van der Waals surface area contributed by atoms with Crippen LogP contribution in [0.1, 0.15) is 5.56 Å². The maximum absolute atomic E-state index is 13.3. The van der Waals surface area contributed by atoms with E-state index < -0.39 is 11.6 Å². The Morgan fingerprint density at radius 3 is 2.38 bits per heavy atom. The fourth-order valence-electron chi connectivity index (χ4n) is 0.908. The highest BCUT2D eigenvalue weighted by Gasteiger charge is 2.09. The second-order valence-corrected chi connectivity index (χ2v) is 4.62. The van der Waals surface area contributed by atoms with E-state index in [-0.39, 0.29) is 16.4 Å². The van der Waals surface area contributed by atoms with Crippen molar-refractivity contribution in [1.82, 2.24) is 0 Å². The maximum Gasteiger partial charge on any atom is 0.155 e. The van der Waals surface area contributed by atoms with Gasteiger partial charge in [0, 0.05) is 0 Å². The minimum Gasteiger partial charge on any atom is -0.222 e. The quantitative estimate of drug-likeness (QED) is 0.665. The summed E-state index contributed by atoms with van der Waals surface area (Å²) in [5, 5.41) is 0. The van der Waals surface area contributed by atoms with Gasteiger partial charge in [-0.1, -0.05) is 6.07 Å². The van der Waals surface area contributed by atoms with Crippen LogP contribution in [-0.4, -0.2) is 12.5 Å². The monoisotopic (exact) mass is 203 g/mol. The van der Waals surface area contributed by atoms with Crippen molar-refractivity contribution in [2.24, 2.45) is 4.36 Å². The molecule has 0 aliphatic heterocycles. The van der Waals surface area contributed by atoms with Gasteiger partial charge < -0.3 is 0 Å². The Hall–Kier alpha value is -0.770. The van der Waals surface area contributed by atoms with Crippen LogP contribution in [0, 0.1) is 18.6 Å². The van der Waals surface area contributed by atoms with Crippen molar-refractivity contribution in [1.29, 1.82) is 0 Å². The van der Waals surface area contributed by atoms with E-state index in [9.17, 15) is 8.78 Å². The second kappa shape index (κ2) is 3.96. The third-order valence-corrected chi connectivity index (χ3v) is 2.08. The molecule has 0 aliphatic rings. The summed E-state index contributed by atoms with van der Waals surface area (Å²) < 4.78 is 30.3. The van der Waals surface area contributed by atoms with E-state index in [0.29, 0.717) is 5.56 Å². The van der Waals surface area contributed by atoms with Gasteiger partial charge in [-0.25, -0.2) is 13.1 Å². The molecule has 1 rings (SSSR count). The second-order valence-electron chi connectivity index (χ2n) is 2.89. The van der Waals surface area contributed by atoms with Crippen molar-refractivity contribution in [3.05, 3.63) is 29.3 Å². The molecule has 0 saturated carbocycles. The number of nitrogens with zero attached hydrogens (tertiary/aromatic N) is 1. The highest BCUT2D eigenvalue weighted by atomic mass is 32.2. The highest BCUT2D eigenvalue weighted by molar-refractivity contribution is 7.85. The molecular weight excluding hydrogens is 192 g/mol. The summed E-state index contributed by atoms with van der Waals surface area (Å²) in [7, 11) is -0.350. The molecule has 0 aromatic heterocycles. The first-order valence-electron chi connectivity index (χ1n) is 3.76. The van der Waals surface area contributed by atoms with Gasteiger partial charge in [-0.15, -0.1) is 10.7 Å². The summed E-state index contributed by atoms with van der Waals surface area (Å²) in [6.45, 7) is 1.59. The predicted octanol–water partition coefficient (Wildman–Crippen LogP) is 2.97. The number of rotatable bonds is 1. The van der Waals surface area contributed by atoms with Gasteiger partial charge in [-0.05, 0) is 31.1 Å². The van der Waals surface area contributed by atoms with Crippen molar-refractivity contribution in [3.63, 3.8) is 0 Å². The SMILES string of the molecule is Cc1ccc(F)c(N=S(C)C)c1F. The summed E-state index contributed by atoms with van der Waals surface area (Å²) >= 11 is 0. The molecule has 0 amide bonds. The van der Waals surface area contributed by atoms with E-state index in [4.69, 9.17) is 0 Å². The standard InChI is InChI=1S/C9H11F2NS/c1-6-4-5-7(10)9(8(6)11)12-13(2)3/h4-5H,1-3H3. The molecule has 13 heavy (non-hydrogen) atoms. The average Bonchev–Trinajstić information content (AvgIpc) is 2.05. The molecule has 0 aliphatic carbocycles. The van der Waals surface area contributed by atoms with Crippen LogP contribution in [0.25, 0.3) is 0 Å². The minimum absolute atomic E-state index is 0.145. The lowest BCUT2D eigenvalue weighted by Gasteiger charge is -2.02. The van der Waals surface area contributed by atoms with Gasteiger partial charge in [0.05, 0.1) is 0 Å². The fourth-order valence-corrected chi connectivity index (χ4v) is 1.44. The van der Waals surface area contributed by atoms with Crippen molar-refractivity contribution in [3.8, 4) is 0 Å². The van der Waals surface area contributed by atoms with Crippen molar-refractivity contribution in [2.75, 3.05) is 12.5 Å². The van der Waals surface area contributed by atoms with Crippen LogP contribution in [0.3, 0.4) is 0 Å². The van der Waals surface area contributed by atoms with Crippen molar-refractivity contribution in [2.45, 2.75) is 6.92 Å². The molecule has 1 aromatic rings. The molecular formula is C9H11F2NS. The molecule has 72 valence electrons. The summed E-state index contributed by atoms with van der Waals surface area (Å²) in [6, 6.07) is 2.65. The Morgan fingerprint density at radius 2 is 1.85 bits per heavy atom. The summed E-state index contributed by atoms with van der Waals surface area (Å²) in [5.74, 6) is -1.15. The Morgan fingerprint density at radius 1 is 1.23 bits per heavy atom. The first-order valence-corrected chi connectivity index (χ1v) is 5.76. The van der Waals surface area contributed by atoms with Crippen LogP contribution in [0.15, 0.2) is 16.5 Å². The van der Waals surface area contributed by atoms with Crippen LogP contribution >= 0.6 is 0 Å². The molecule has 1 nitrogen and oxygen atoms in total. The number of hydrogen-bond acceptors (Lipinski definition) is 1. The van der Waals surface area contributed by atoms with E-state index >= 15 is 0 Å². The Bertz CT molecular complexity index is 357. The molecule has 0 spiro atoms. The van der Waals surface area contributed by atoms with Crippen molar-refractivity contribution >= 4 is 16.4 Å². The van der Waals surface area contributed by atoms with Crippen LogP contribution in [-0.2, 0) is 10.7 Å². The molecule has 4 heteroatoms. The minimum atomic E-state index is -0.593. The number of halogens is 2. The lowest BCUT2D eigenvalue weighted by Crippen LogP contribution is -1.88. The Kier molecular flexibility index (Phi) is 3.14. The Balaban J connectivity index is 3.34. The maximum atomic E-state index is 13.3. The summed E-state index contributed by atoms with van der Waals surface area (Å²) in [5.41, 5.74) is 0.277. The molecule has 0 heterocycles. The Labute approximate surface area is 78.9 Å². The first kappa shape index (κ1) is 10.3. The van der Waals surface area contributed by atoms with Crippen LogP contribution in [0.5, 0.6) is 0 Å². The zero-order chi connectivity index (χ0) is 10.0. The van der Waals surface area contributed by atoms with Gasteiger partial charge in [-0.3, -0.25) is 0 Å². The molecule has 0 unspecified atom stereocenters. The van der Waals surface area contributed by atoms with E-state index in [1.807, 2.05) is 0 Å². The summed E-state index contributed by atoms with van der Waals surface area (Å²) in [4.78, 5) is 0. The molecule has 0 bridgehead atoms. The predicted molar refractivity (Wildman–Crippen MR) is 52.4 cm³/mol. The van der Waals surface area contributed by atoms with Crippen LogP contribution in [0.4, 0.5) is 14.5 Å².